The number of nitrogens with one attached hydrogen (secondary N) is 1. The molecule has 0 aliphatic rings. The van der Waals surface area contributed by atoms with Crippen molar-refractivity contribution in [1.82, 2.24) is 5.32 Å². The van der Waals surface area contributed by atoms with Crippen LogP contribution in [0.1, 0.15) is 36.7 Å². The van der Waals surface area contributed by atoms with Crippen molar-refractivity contribution in [2.24, 2.45) is 5.92 Å². The van der Waals surface area contributed by atoms with Crippen LogP contribution in [0.25, 0.3) is 6.08 Å². The van der Waals surface area contributed by atoms with E-state index in [0.717, 1.165) is 5.56 Å². The van der Waals surface area contributed by atoms with Crippen LogP contribution in [0.3, 0.4) is 0 Å². The summed E-state index contributed by atoms with van der Waals surface area (Å²) in [5, 5.41) is 3.27. The van der Waals surface area contributed by atoms with E-state index in [4.69, 9.17) is 16.3 Å². The van der Waals surface area contributed by atoms with Gasteiger partial charge in [-0.3, -0.25) is 9.59 Å². The quantitative estimate of drug-likeness (QED) is 0.715. The molecule has 0 spiro atoms. The lowest BCUT2D eigenvalue weighted by atomic mass is 10.1. The summed E-state index contributed by atoms with van der Waals surface area (Å²) in [5.41, 5.74) is 1.44. The summed E-state index contributed by atoms with van der Waals surface area (Å²) >= 11 is 5.86. The zero-order valence-corrected chi connectivity index (χ0v) is 15.8. The van der Waals surface area contributed by atoms with E-state index in [0.29, 0.717) is 28.9 Å². The van der Waals surface area contributed by atoms with Gasteiger partial charge in [0, 0.05) is 17.5 Å². The first kappa shape index (κ1) is 19.7. The van der Waals surface area contributed by atoms with Crippen molar-refractivity contribution >= 4 is 29.4 Å². The fourth-order valence-corrected chi connectivity index (χ4v) is 2.24. The maximum atomic E-state index is 12.4. The number of ether oxygens (including phenoxy) is 1. The third-order valence-electron chi connectivity index (χ3n) is 3.51. The van der Waals surface area contributed by atoms with Crippen molar-refractivity contribution in [3.8, 4) is 5.75 Å². The summed E-state index contributed by atoms with van der Waals surface area (Å²) in [4.78, 5) is 24.3. The van der Waals surface area contributed by atoms with Gasteiger partial charge in [0.05, 0.1) is 12.3 Å². The molecule has 26 heavy (non-hydrogen) atoms. The molecule has 2 aromatic rings. The number of carbonyl (C=O) groups excluding carboxylic acids is 2. The van der Waals surface area contributed by atoms with E-state index in [9.17, 15) is 9.59 Å². The molecule has 0 atom stereocenters. The van der Waals surface area contributed by atoms with Gasteiger partial charge in [-0.25, -0.2) is 0 Å². The molecule has 0 fully saturated rings. The molecule has 0 saturated heterocycles. The van der Waals surface area contributed by atoms with Crippen molar-refractivity contribution in [3.05, 3.63) is 70.4 Å². The Balaban J connectivity index is 2.10. The highest BCUT2D eigenvalue weighted by molar-refractivity contribution is 6.30. The Bertz CT molecular complexity index is 793. The van der Waals surface area contributed by atoms with Gasteiger partial charge in [-0.2, -0.15) is 0 Å². The van der Waals surface area contributed by atoms with Gasteiger partial charge in [0.1, 0.15) is 5.75 Å². The second-order valence-electron chi connectivity index (χ2n) is 6.35. The van der Waals surface area contributed by atoms with E-state index in [1.807, 2.05) is 0 Å². The van der Waals surface area contributed by atoms with Crippen molar-refractivity contribution in [2.45, 2.75) is 20.8 Å². The van der Waals surface area contributed by atoms with Gasteiger partial charge in [-0.05, 0) is 54.0 Å². The molecule has 4 nitrogen and oxygen atoms in total. The monoisotopic (exact) mass is 371 g/mol. The Morgan fingerprint density at radius 3 is 2.23 bits per heavy atom. The number of carbonyl (C=O) groups is 2. The van der Waals surface area contributed by atoms with Crippen molar-refractivity contribution in [1.29, 1.82) is 0 Å². The predicted molar refractivity (Wildman–Crippen MR) is 104 cm³/mol. The van der Waals surface area contributed by atoms with Gasteiger partial charge in [-0.1, -0.05) is 37.6 Å². The molecule has 2 rings (SSSR count). The van der Waals surface area contributed by atoms with E-state index >= 15 is 0 Å². The molecule has 0 heterocycles. The molecule has 0 aromatic heterocycles. The van der Waals surface area contributed by atoms with E-state index in [-0.39, 0.29) is 17.4 Å². The van der Waals surface area contributed by atoms with Gasteiger partial charge in [0.15, 0.2) is 5.78 Å². The predicted octanol–water partition coefficient (Wildman–Crippen LogP) is 4.73. The van der Waals surface area contributed by atoms with E-state index in [1.165, 1.54) is 6.92 Å². The van der Waals surface area contributed by atoms with Gasteiger partial charge in [0.25, 0.3) is 5.91 Å². The highest BCUT2D eigenvalue weighted by atomic mass is 35.5. The number of rotatable bonds is 7. The molecular formula is C21H22ClNO3. The molecular weight excluding hydrogens is 350 g/mol. The fourth-order valence-electron chi connectivity index (χ4n) is 2.11. The van der Waals surface area contributed by atoms with Crippen LogP contribution in [0.2, 0.25) is 5.02 Å². The largest absolute Gasteiger partial charge is 0.493 e. The molecule has 0 radical (unpaired) electrons. The summed E-state index contributed by atoms with van der Waals surface area (Å²) in [5.74, 6) is 0.550. The average Bonchev–Trinajstić information content (AvgIpc) is 2.61. The zero-order chi connectivity index (χ0) is 19.1. The lowest BCUT2D eigenvalue weighted by Crippen LogP contribution is -2.26. The number of hydrogen-bond acceptors (Lipinski definition) is 3. The highest BCUT2D eigenvalue weighted by Gasteiger charge is 2.11. The van der Waals surface area contributed by atoms with Crippen LogP contribution < -0.4 is 10.1 Å². The summed E-state index contributed by atoms with van der Waals surface area (Å²) in [6.45, 7) is 6.16. The summed E-state index contributed by atoms with van der Waals surface area (Å²) in [7, 11) is 0. The number of amides is 1. The molecule has 1 N–H and O–H groups in total. The molecule has 5 heteroatoms. The molecule has 0 aliphatic heterocycles. The summed E-state index contributed by atoms with van der Waals surface area (Å²) in [6, 6.07) is 13.8. The minimum absolute atomic E-state index is 0.220. The second-order valence-corrected chi connectivity index (χ2v) is 6.79. The Kier molecular flexibility index (Phi) is 6.98. The lowest BCUT2D eigenvalue weighted by Gasteiger charge is -2.10. The minimum atomic E-state index is -0.351. The van der Waals surface area contributed by atoms with Crippen LogP contribution in [0.4, 0.5) is 0 Å². The second kappa shape index (κ2) is 9.20. The molecule has 0 aliphatic carbocycles. The number of allylic oxidation sites excluding steroid dienone is 1. The number of Topliss-reactive ketones (excluding diaryl/α,β-unsaturated/α-hetero) is 1. The zero-order valence-electron chi connectivity index (χ0n) is 15.1. The standard InChI is InChI=1S/C21H22ClNO3/c1-14(2)13-26-19-10-6-17(7-11-19)21(25)23-20(15(3)24)12-16-4-8-18(22)9-5-16/h4-12,14H,13H2,1-3H3,(H,23,25)/b20-12-. The first-order valence-electron chi connectivity index (χ1n) is 8.37. The normalized spacial score (nSPS) is 11.3. The van der Waals surface area contributed by atoms with E-state index in [2.05, 4.69) is 19.2 Å². The Morgan fingerprint density at radius 1 is 1.08 bits per heavy atom. The van der Waals surface area contributed by atoms with Gasteiger partial charge < -0.3 is 10.1 Å². The number of benzene rings is 2. The Morgan fingerprint density at radius 2 is 1.69 bits per heavy atom. The van der Waals surface area contributed by atoms with Crippen LogP contribution in [0.5, 0.6) is 5.75 Å². The third kappa shape index (κ3) is 6.05. The van der Waals surface area contributed by atoms with Crippen LogP contribution >= 0.6 is 11.6 Å². The summed E-state index contributed by atoms with van der Waals surface area (Å²) < 4.78 is 5.60. The molecule has 2 aromatic carbocycles. The van der Waals surface area contributed by atoms with Gasteiger partial charge in [0.2, 0.25) is 0 Å². The lowest BCUT2D eigenvalue weighted by molar-refractivity contribution is -0.113. The Hall–Kier alpha value is -2.59. The van der Waals surface area contributed by atoms with Gasteiger partial charge >= 0.3 is 0 Å². The highest BCUT2D eigenvalue weighted by Crippen LogP contribution is 2.15. The molecule has 0 saturated carbocycles. The van der Waals surface area contributed by atoms with Gasteiger partial charge in [-0.15, -0.1) is 0 Å². The first-order valence-corrected chi connectivity index (χ1v) is 8.75. The smallest absolute Gasteiger partial charge is 0.255 e. The van der Waals surface area contributed by atoms with Crippen LogP contribution in [-0.4, -0.2) is 18.3 Å². The van der Waals surface area contributed by atoms with Crippen LogP contribution in [0.15, 0.2) is 54.2 Å². The fraction of sp³-hybridized carbons (Fsp3) is 0.238. The SMILES string of the molecule is CC(=O)/C(=C/c1ccc(Cl)cc1)NC(=O)c1ccc(OCC(C)C)cc1. The maximum Gasteiger partial charge on any atom is 0.255 e. The summed E-state index contributed by atoms with van der Waals surface area (Å²) in [6.07, 6.45) is 1.62. The molecule has 0 bridgehead atoms. The first-order chi connectivity index (χ1) is 12.3. The van der Waals surface area contributed by atoms with E-state index in [1.54, 1.807) is 54.6 Å². The van der Waals surface area contributed by atoms with Crippen LogP contribution in [-0.2, 0) is 4.79 Å². The topological polar surface area (TPSA) is 55.4 Å². The minimum Gasteiger partial charge on any atom is -0.493 e. The Labute approximate surface area is 158 Å². The van der Waals surface area contributed by atoms with E-state index < -0.39 is 0 Å². The average molecular weight is 372 g/mol. The van der Waals surface area contributed by atoms with Crippen molar-refractivity contribution in [3.63, 3.8) is 0 Å². The number of hydrogen-bond donors (Lipinski definition) is 1. The molecule has 136 valence electrons. The molecule has 0 unspecified atom stereocenters. The number of halogens is 1. The van der Waals surface area contributed by atoms with Crippen molar-refractivity contribution < 1.29 is 14.3 Å². The number of ketones is 1. The van der Waals surface area contributed by atoms with Crippen molar-refractivity contribution in [2.75, 3.05) is 6.61 Å². The maximum absolute atomic E-state index is 12.4. The van der Waals surface area contributed by atoms with Crippen LogP contribution in [0, 0.1) is 5.92 Å². The third-order valence-corrected chi connectivity index (χ3v) is 3.76. The molecule has 1 amide bonds.